The molecule has 84 valence electrons. The quantitative estimate of drug-likeness (QED) is 0.654. The highest BCUT2D eigenvalue weighted by molar-refractivity contribution is 5.85. The van der Waals surface area contributed by atoms with E-state index in [2.05, 4.69) is 0 Å². The Hall–Kier alpha value is -0.910. The molecular weight excluding hydrogens is 200 g/mol. The minimum atomic E-state index is -0.835. The molecule has 0 unspecified atom stereocenters. The van der Waals surface area contributed by atoms with Crippen LogP contribution in [0.1, 0.15) is 13.8 Å². The molecule has 0 amide bonds. The van der Waals surface area contributed by atoms with Gasteiger partial charge in [-0.25, -0.2) is 4.79 Å². The lowest BCUT2D eigenvalue weighted by Gasteiger charge is -2.20. The van der Waals surface area contributed by atoms with E-state index in [-0.39, 0.29) is 6.61 Å². The summed E-state index contributed by atoms with van der Waals surface area (Å²) in [7, 11) is 0. The molecule has 0 aromatic rings. The number of ether oxygens (including phenoxy) is 3. The number of hydrogen-bond acceptors (Lipinski definition) is 5. The lowest BCUT2D eigenvalue weighted by Crippen LogP contribution is -2.32. The maximum Gasteiger partial charge on any atom is 0.331 e. The average Bonchev–Trinajstić information content (AvgIpc) is 2.71. The predicted molar refractivity (Wildman–Crippen MR) is 50.0 cm³/mol. The van der Waals surface area contributed by atoms with Gasteiger partial charge >= 0.3 is 5.97 Å². The van der Waals surface area contributed by atoms with Crippen LogP contribution in [0, 0.1) is 0 Å². The first-order chi connectivity index (χ1) is 6.98. The zero-order valence-electron chi connectivity index (χ0n) is 8.73. The van der Waals surface area contributed by atoms with Crippen LogP contribution >= 0.6 is 0 Å². The number of carbonyl (C=O) groups excluding carboxylic acids is 1. The van der Waals surface area contributed by atoms with Crippen LogP contribution in [0.25, 0.3) is 0 Å². The minimum Gasteiger partial charge on any atom is -0.458 e. The monoisotopic (exact) mass is 214 g/mol. The van der Waals surface area contributed by atoms with Crippen LogP contribution in [0.5, 0.6) is 0 Å². The molecule has 15 heavy (non-hydrogen) atoms. The van der Waals surface area contributed by atoms with E-state index in [4.69, 9.17) is 14.2 Å². The SMILES string of the molecule is CC1(C)OC[C@H]([C@@H](O)C2=CC(=O)OC2)O1. The summed E-state index contributed by atoms with van der Waals surface area (Å²) in [5, 5.41) is 9.89. The van der Waals surface area contributed by atoms with Crippen molar-refractivity contribution < 1.29 is 24.1 Å². The summed E-state index contributed by atoms with van der Waals surface area (Å²) >= 11 is 0. The van der Waals surface area contributed by atoms with Crippen molar-refractivity contribution in [2.24, 2.45) is 0 Å². The molecule has 1 saturated heterocycles. The molecule has 0 aromatic carbocycles. The van der Waals surface area contributed by atoms with Crippen LogP contribution in [-0.4, -0.2) is 42.3 Å². The van der Waals surface area contributed by atoms with E-state index in [0.29, 0.717) is 12.2 Å². The zero-order valence-corrected chi connectivity index (χ0v) is 8.73. The molecule has 2 rings (SSSR count). The van der Waals surface area contributed by atoms with Crippen molar-refractivity contribution >= 4 is 5.97 Å². The van der Waals surface area contributed by atoms with Crippen molar-refractivity contribution in [1.29, 1.82) is 0 Å². The molecule has 0 bridgehead atoms. The molecule has 1 fully saturated rings. The standard InChI is InChI=1S/C10H14O5/c1-10(2)14-5-7(15-10)9(12)6-3-8(11)13-4-6/h3,7,9,12H,4-5H2,1-2H3/t7-,9+/m1/s1. The van der Waals surface area contributed by atoms with E-state index >= 15 is 0 Å². The van der Waals surface area contributed by atoms with E-state index < -0.39 is 24.0 Å². The van der Waals surface area contributed by atoms with Crippen molar-refractivity contribution in [1.82, 2.24) is 0 Å². The molecule has 1 N–H and O–H groups in total. The fourth-order valence-corrected chi connectivity index (χ4v) is 1.67. The van der Waals surface area contributed by atoms with Crippen LogP contribution in [0.4, 0.5) is 0 Å². The number of hydrogen-bond donors (Lipinski definition) is 1. The number of aliphatic hydroxyl groups is 1. The van der Waals surface area contributed by atoms with Gasteiger partial charge in [-0.1, -0.05) is 0 Å². The van der Waals surface area contributed by atoms with Gasteiger partial charge in [0.1, 0.15) is 18.8 Å². The van der Waals surface area contributed by atoms with Gasteiger partial charge < -0.3 is 19.3 Å². The number of rotatable bonds is 2. The van der Waals surface area contributed by atoms with Gasteiger partial charge in [0, 0.05) is 11.6 Å². The van der Waals surface area contributed by atoms with Crippen LogP contribution in [0.3, 0.4) is 0 Å². The van der Waals surface area contributed by atoms with Crippen LogP contribution in [-0.2, 0) is 19.0 Å². The Morgan fingerprint density at radius 3 is 2.80 bits per heavy atom. The van der Waals surface area contributed by atoms with E-state index in [1.165, 1.54) is 6.08 Å². The summed E-state index contributed by atoms with van der Waals surface area (Å²) in [4.78, 5) is 10.8. The molecule has 5 heteroatoms. The minimum absolute atomic E-state index is 0.139. The zero-order chi connectivity index (χ0) is 11.1. The number of carbonyl (C=O) groups is 1. The molecule has 2 atom stereocenters. The number of aliphatic hydroxyl groups excluding tert-OH is 1. The molecule has 0 aliphatic carbocycles. The van der Waals surface area contributed by atoms with Crippen molar-refractivity contribution in [2.45, 2.75) is 31.8 Å². The topological polar surface area (TPSA) is 65.0 Å². The normalized spacial score (nSPS) is 31.3. The molecule has 2 aliphatic heterocycles. The third-order valence-electron chi connectivity index (χ3n) is 2.45. The Morgan fingerprint density at radius 2 is 2.33 bits per heavy atom. The van der Waals surface area contributed by atoms with Crippen molar-refractivity contribution in [3.8, 4) is 0 Å². The second kappa shape index (κ2) is 3.59. The summed E-state index contributed by atoms with van der Waals surface area (Å²) < 4.78 is 15.5. The van der Waals surface area contributed by atoms with E-state index in [1.54, 1.807) is 13.8 Å². The van der Waals surface area contributed by atoms with Crippen LogP contribution in [0.15, 0.2) is 11.6 Å². The Morgan fingerprint density at radius 1 is 1.60 bits per heavy atom. The lowest BCUT2D eigenvalue weighted by atomic mass is 10.1. The molecule has 0 aromatic heterocycles. The molecule has 5 nitrogen and oxygen atoms in total. The Labute approximate surface area is 87.6 Å². The third-order valence-corrected chi connectivity index (χ3v) is 2.45. The summed E-state index contributed by atoms with van der Waals surface area (Å²) in [5.41, 5.74) is 0.548. The highest BCUT2D eigenvalue weighted by atomic mass is 16.7. The van der Waals surface area contributed by atoms with Gasteiger partial charge in [0.15, 0.2) is 5.79 Å². The van der Waals surface area contributed by atoms with Gasteiger partial charge in [-0.05, 0) is 13.8 Å². The highest BCUT2D eigenvalue weighted by Gasteiger charge is 2.39. The number of cyclic esters (lactones) is 1. The van der Waals surface area contributed by atoms with Gasteiger partial charge in [0.25, 0.3) is 0 Å². The van der Waals surface area contributed by atoms with E-state index in [0.717, 1.165) is 0 Å². The van der Waals surface area contributed by atoms with Gasteiger partial charge in [-0.15, -0.1) is 0 Å². The molecule has 0 spiro atoms. The fraction of sp³-hybridized carbons (Fsp3) is 0.700. The first-order valence-corrected chi connectivity index (χ1v) is 4.85. The van der Waals surface area contributed by atoms with Crippen LogP contribution < -0.4 is 0 Å². The fourth-order valence-electron chi connectivity index (χ4n) is 1.67. The van der Waals surface area contributed by atoms with Gasteiger partial charge in [0.2, 0.25) is 0 Å². The predicted octanol–water partition coefficient (Wildman–Crippen LogP) is -0.0180. The number of esters is 1. The van der Waals surface area contributed by atoms with Gasteiger partial charge in [0.05, 0.1) is 6.61 Å². The van der Waals surface area contributed by atoms with Gasteiger partial charge in [-0.2, -0.15) is 0 Å². The summed E-state index contributed by atoms with van der Waals surface area (Å²) in [6, 6.07) is 0. The Kier molecular flexibility index (Phi) is 2.54. The Balaban J connectivity index is 2.00. The van der Waals surface area contributed by atoms with Crippen LogP contribution in [0.2, 0.25) is 0 Å². The summed E-state index contributed by atoms with van der Waals surface area (Å²) in [6.45, 7) is 4.02. The van der Waals surface area contributed by atoms with E-state index in [9.17, 15) is 9.90 Å². The largest absolute Gasteiger partial charge is 0.458 e. The molecule has 2 heterocycles. The Bertz CT molecular complexity index is 307. The van der Waals surface area contributed by atoms with Crippen molar-refractivity contribution in [3.05, 3.63) is 11.6 Å². The summed E-state index contributed by atoms with van der Waals surface area (Å²) in [6.07, 6.45) is 0.0401. The van der Waals surface area contributed by atoms with Crippen molar-refractivity contribution in [3.63, 3.8) is 0 Å². The molecule has 0 saturated carbocycles. The maximum atomic E-state index is 10.8. The highest BCUT2D eigenvalue weighted by Crippen LogP contribution is 2.27. The first-order valence-electron chi connectivity index (χ1n) is 4.85. The van der Waals surface area contributed by atoms with Crippen molar-refractivity contribution in [2.75, 3.05) is 13.2 Å². The first kappa shape index (κ1) is 10.6. The lowest BCUT2D eigenvalue weighted by molar-refractivity contribution is -0.148. The average molecular weight is 214 g/mol. The maximum absolute atomic E-state index is 10.8. The van der Waals surface area contributed by atoms with E-state index in [1.807, 2.05) is 0 Å². The molecule has 2 aliphatic rings. The summed E-state index contributed by atoms with van der Waals surface area (Å²) in [5.74, 6) is -1.09. The van der Waals surface area contributed by atoms with Gasteiger partial charge in [-0.3, -0.25) is 0 Å². The second-order valence-electron chi connectivity index (χ2n) is 4.14. The molecule has 0 radical (unpaired) electrons. The molecular formula is C10H14O5. The smallest absolute Gasteiger partial charge is 0.331 e. The third kappa shape index (κ3) is 2.19. The second-order valence-corrected chi connectivity index (χ2v) is 4.14.